The minimum atomic E-state index is 0.0228. The summed E-state index contributed by atoms with van der Waals surface area (Å²) in [5.41, 5.74) is 0.672. The lowest BCUT2D eigenvalue weighted by Crippen LogP contribution is -2.24. The molecule has 7 nitrogen and oxygen atoms in total. The van der Waals surface area contributed by atoms with Crippen LogP contribution in [0.25, 0.3) is 5.65 Å². The molecule has 0 fully saturated rings. The van der Waals surface area contributed by atoms with Crippen LogP contribution >= 0.6 is 0 Å². The highest BCUT2D eigenvalue weighted by molar-refractivity contribution is 5.76. The monoisotopic (exact) mass is 248 g/mol. The number of anilines is 1. The minimum absolute atomic E-state index is 0.0228. The number of aryl methyl sites for hydroxylation is 1. The molecule has 2 N–H and O–H groups in total. The highest BCUT2D eigenvalue weighted by Gasteiger charge is 2.07. The molecule has 2 heterocycles. The van der Waals surface area contributed by atoms with Crippen LogP contribution in [0.15, 0.2) is 12.4 Å². The lowest BCUT2D eigenvalue weighted by molar-refractivity contribution is -0.120. The number of carbonyl (C=O) groups is 1. The van der Waals surface area contributed by atoms with E-state index in [9.17, 15) is 4.79 Å². The molecule has 0 unspecified atom stereocenters. The van der Waals surface area contributed by atoms with Crippen LogP contribution in [-0.4, -0.2) is 38.6 Å². The zero-order chi connectivity index (χ0) is 13.0. The fraction of sp³-hybridized carbons (Fsp3) is 0.455. The molecule has 0 aliphatic carbocycles. The highest BCUT2D eigenvalue weighted by atomic mass is 16.1. The first-order valence-corrected chi connectivity index (χ1v) is 5.89. The summed E-state index contributed by atoms with van der Waals surface area (Å²) in [4.78, 5) is 15.5. The van der Waals surface area contributed by atoms with Gasteiger partial charge in [-0.1, -0.05) is 0 Å². The first-order valence-electron chi connectivity index (χ1n) is 5.89. The lowest BCUT2D eigenvalue weighted by atomic mass is 10.4. The molecule has 1 amide bonds. The number of nitrogens with one attached hydrogen (secondary N) is 2. The van der Waals surface area contributed by atoms with Crippen molar-refractivity contribution in [2.75, 3.05) is 18.4 Å². The standard InChI is InChI=1S/C11H16N6O/c1-3-12-9(18)4-5-13-10-11-16-15-8(2)17(11)7-6-14-10/h6-7H,3-5H2,1-2H3,(H,12,18)(H,13,14). The maximum atomic E-state index is 11.3. The van der Waals surface area contributed by atoms with Crippen LogP contribution in [0.3, 0.4) is 0 Å². The van der Waals surface area contributed by atoms with E-state index >= 15 is 0 Å². The highest BCUT2D eigenvalue weighted by Crippen LogP contribution is 2.11. The van der Waals surface area contributed by atoms with Gasteiger partial charge in [0, 0.05) is 31.9 Å². The van der Waals surface area contributed by atoms with Crippen LogP contribution in [0.2, 0.25) is 0 Å². The molecule has 2 aromatic heterocycles. The summed E-state index contributed by atoms with van der Waals surface area (Å²) in [6.07, 6.45) is 3.89. The zero-order valence-corrected chi connectivity index (χ0v) is 10.5. The van der Waals surface area contributed by atoms with Gasteiger partial charge in [0.1, 0.15) is 5.82 Å². The van der Waals surface area contributed by atoms with Crippen LogP contribution in [0.1, 0.15) is 19.2 Å². The molecule has 18 heavy (non-hydrogen) atoms. The van der Waals surface area contributed by atoms with Crippen molar-refractivity contribution in [1.29, 1.82) is 0 Å². The molecule has 96 valence electrons. The molecule has 2 rings (SSSR count). The van der Waals surface area contributed by atoms with Crippen molar-refractivity contribution in [2.45, 2.75) is 20.3 Å². The van der Waals surface area contributed by atoms with Gasteiger partial charge in [0.15, 0.2) is 5.82 Å². The Morgan fingerprint density at radius 2 is 2.28 bits per heavy atom. The number of nitrogens with zero attached hydrogens (tertiary/aromatic N) is 4. The molecule has 0 aromatic carbocycles. The quantitative estimate of drug-likeness (QED) is 0.798. The van der Waals surface area contributed by atoms with E-state index in [2.05, 4.69) is 25.8 Å². The predicted molar refractivity (Wildman–Crippen MR) is 67.3 cm³/mol. The second-order valence-electron chi connectivity index (χ2n) is 3.85. The summed E-state index contributed by atoms with van der Waals surface area (Å²) in [6.45, 7) is 4.94. The van der Waals surface area contributed by atoms with Gasteiger partial charge in [0.05, 0.1) is 0 Å². The number of amides is 1. The third-order valence-electron chi connectivity index (χ3n) is 2.52. The van der Waals surface area contributed by atoms with Gasteiger partial charge in [-0.15, -0.1) is 10.2 Å². The van der Waals surface area contributed by atoms with Gasteiger partial charge in [0.2, 0.25) is 11.6 Å². The van der Waals surface area contributed by atoms with Crippen LogP contribution in [0.5, 0.6) is 0 Å². The van der Waals surface area contributed by atoms with Crippen LogP contribution in [0.4, 0.5) is 5.82 Å². The molecule has 0 aliphatic heterocycles. The van der Waals surface area contributed by atoms with Gasteiger partial charge in [-0.05, 0) is 13.8 Å². The van der Waals surface area contributed by atoms with E-state index in [1.165, 1.54) is 0 Å². The minimum Gasteiger partial charge on any atom is -0.366 e. The van der Waals surface area contributed by atoms with E-state index in [-0.39, 0.29) is 5.91 Å². The molecule has 0 saturated heterocycles. The van der Waals surface area contributed by atoms with E-state index < -0.39 is 0 Å². The summed E-state index contributed by atoms with van der Waals surface area (Å²) < 4.78 is 1.85. The maximum absolute atomic E-state index is 11.3. The second kappa shape index (κ2) is 5.44. The first-order chi connectivity index (χ1) is 8.72. The van der Waals surface area contributed by atoms with Crippen LogP contribution < -0.4 is 10.6 Å². The van der Waals surface area contributed by atoms with Gasteiger partial charge in [-0.3, -0.25) is 9.20 Å². The van der Waals surface area contributed by atoms with Crippen molar-refractivity contribution < 1.29 is 4.79 Å². The van der Waals surface area contributed by atoms with Crippen LogP contribution in [-0.2, 0) is 4.79 Å². The van der Waals surface area contributed by atoms with Crippen molar-refractivity contribution >= 4 is 17.4 Å². The Morgan fingerprint density at radius 3 is 3.06 bits per heavy atom. The lowest BCUT2D eigenvalue weighted by Gasteiger charge is -2.06. The summed E-state index contributed by atoms with van der Waals surface area (Å²) in [7, 11) is 0. The SMILES string of the molecule is CCNC(=O)CCNc1nccn2c(C)nnc12. The fourth-order valence-electron chi connectivity index (χ4n) is 1.65. The average molecular weight is 248 g/mol. The maximum Gasteiger partial charge on any atom is 0.221 e. The molecule has 0 aliphatic rings. The Kier molecular flexibility index (Phi) is 3.71. The average Bonchev–Trinajstić information content (AvgIpc) is 2.73. The van der Waals surface area contributed by atoms with Crippen molar-refractivity contribution in [3.63, 3.8) is 0 Å². The largest absolute Gasteiger partial charge is 0.366 e. The molecule has 0 atom stereocenters. The predicted octanol–water partition coefficient (Wildman–Crippen LogP) is 0.371. The van der Waals surface area contributed by atoms with Gasteiger partial charge in [-0.25, -0.2) is 4.98 Å². The summed E-state index contributed by atoms with van der Waals surface area (Å²) in [5.74, 6) is 1.47. The van der Waals surface area contributed by atoms with Crippen molar-refractivity contribution in [3.05, 3.63) is 18.2 Å². The molecule has 0 spiro atoms. The topological polar surface area (TPSA) is 84.2 Å². The van der Waals surface area contributed by atoms with Crippen LogP contribution in [0, 0.1) is 6.92 Å². The van der Waals surface area contributed by atoms with E-state index in [4.69, 9.17) is 0 Å². The Balaban J connectivity index is 2.01. The number of aromatic nitrogens is 4. The molecule has 0 bridgehead atoms. The number of carbonyl (C=O) groups excluding carboxylic acids is 1. The number of rotatable bonds is 5. The van der Waals surface area contributed by atoms with Crippen molar-refractivity contribution in [3.8, 4) is 0 Å². The summed E-state index contributed by atoms with van der Waals surface area (Å²) in [5, 5.41) is 13.9. The molecule has 0 radical (unpaired) electrons. The Labute approximate surface area is 105 Å². The summed E-state index contributed by atoms with van der Waals surface area (Å²) >= 11 is 0. The molecule has 7 heteroatoms. The molecule has 0 saturated carbocycles. The third-order valence-corrected chi connectivity index (χ3v) is 2.52. The van der Waals surface area contributed by atoms with Gasteiger partial charge in [0.25, 0.3) is 0 Å². The number of hydrogen-bond acceptors (Lipinski definition) is 5. The number of fused-ring (bicyclic) bond motifs is 1. The first kappa shape index (κ1) is 12.3. The zero-order valence-electron chi connectivity index (χ0n) is 10.5. The van der Waals surface area contributed by atoms with E-state index in [1.807, 2.05) is 18.2 Å². The molecular formula is C11H16N6O. The Hall–Kier alpha value is -2.18. The molecular weight excluding hydrogens is 232 g/mol. The normalized spacial score (nSPS) is 10.6. The van der Waals surface area contributed by atoms with Gasteiger partial charge in [-0.2, -0.15) is 0 Å². The smallest absolute Gasteiger partial charge is 0.221 e. The second-order valence-corrected chi connectivity index (χ2v) is 3.85. The van der Waals surface area contributed by atoms with Gasteiger partial charge < -0.3 is 10.6 Å². The van der Waals surface area contributed by atoms with Crippen molar-refractivity contribution in [2.24, 2.45) is 0 Å². The Bertz CT molecular complexity index is 549. The fourth-order valence-corrected chi connectivity index (χ4v) is 1.65. The summed E-state index contributed by atoms with van der Waals surface area (Å²) in [6, 6.07) is 0. The Morgan fingerprint density at radius 1 is 1.44 bits per heavy atom. The van der Waals surface area contributed by atoms with E-state index in [1.54, 1.807) is 12.4 Å². The van der Waals surface area contributed by atoms with E-state index in [0.29, 0.717) is 31.0 Å². The third kappa shape index (κ3) is 2.55. The number of hydrogen-bond donors (Lipinski definition) is 2. The van der Waals surface area contributed by atoms with E-state index in [0.717, 1.165) is 5.82 Å². The van der Waals surface area contributed by atoms with Crippen molar-refractivity contribution in [1.82, 2.24) is 24.9 Å². The van der Waals surface area contributed by atoms with Gasteiger partial charge >= 0.3 is 0 Å². The molecule has 2 aromatic rings.